The van der Waals surface area contributed by atoms with Crippen LogP contribution in [0.15, 0.2) is 46.9 Å². The van der Waals surface area contributed by atoms with Crippen LogP contribution in [-0.2, 0) is 16.6 Å². The standard InChI is InChI=1S/C19H24F2N2O3S/c1-27(24,25)23-11-9-16(10-12-23)22(14-19(20)21)13-17-7-8-18(26-17)15-5-3-2-4-6-15/h2-8,16,19H,9-14H2,1H3. The second-order valence-corrected chi connectivity index (χ2v) is 8.83. The number of piperidine rings is 1. The smallest absolute Gasteiger partial charge is 0.251 e. The van der Waals surface area contributed by atoms with E-state index in [2.05, 4.69) is 0 Å². The summed E-state index contributed by atoms with van der Waals surface area (Å²) in [5, 5.41) is 0. The number of halogens is 2. The first-order chi connectivity index (χ1) is 12.8. The zero-order chi connectivity index (χ0) is 19.4. The Hall–Kier alpha value is -1.77. The minimum atomic E-state index is -3.24. The Morgan fingerprint density at radius 1 is 1.15 bits per heavy atom. The monoisotopic (exact) mass is 398 g/mol. The SMILES string of the molecule is CS(=O)(=O)N1CCC(N(Cc2ccc(-c3ccccc3)o2)CC(F)F)CC1. The molecule has 0 unspecified atom stereocenters. The van der Waals surface area contributed by atoms with E-state index in [0.717, 1.165) is 5.56 Å². The van der Waals surface area contributed by atoms with Crippen LogP contribution in [0, 0.1) is 0 Å². The van der Waals surface area contributed by atoms with E-state index >= 15 is 0 Å². The Morgan fingerprint density at radius 2 is 1.81 bits per heavy atom. The maximum atomic E-state index is 13.1. The van der Waals surface area contributed by atoms with Gasteiger partial charge in [0.25, 0.3) is 6.43 Å². The molecule has 0 amide bonds. The predicted octanol–water partition coefficient (Wildman–Crippen LogP) is 3.44. The van der Waals surface area contributed by atoms with Crippen molar-refractivity contribution < 1.29 is 21.6 Å². The summed E-state index contributed by atoms with van der Waals surface area (Å²) in [7, 11) is -3.24. The van der Waals surface area contributed by atoms with Crippen molar-refractivity contribution in [1.29, 1.82) is 0 Å². The fourth-order valence-electron chi connectivity index (χ4n) is 3.48. The number of hydrogen-bond acceptors (Lipinski definition) is 4. The molecule has 0 aliphatic carbocycles. The van der Waals surface area contributed by atoms with Crippen molar-refractivity contribution >= 4 is 10.0 Å². The molecule has 1 aromatic carbocycles. The average molecular weight is 398 g/mol. The van der Waals surface area contributed by atoms with Crippen LogP contribution in [-0.4, -0.2) is 56.0 Å². The molecule has 0 N–H and O–H groups in total. The van der Waals surface area contributed by atoms with Gasteiger partial charge in [0, 0.05) is 24.7 Å². The number of alkyl halides is 2. The maximum Gasteiger partial charge on any atom is 0.251 e. The van der Waals surface area contributed by atoms with Gasteiger partial charge in [0.15, 0.2) is 0 Å². The van der Waals surface area contributed by atoms with E-state index < -0.39 is 16.4 Å². The molecule has 148 valence electrons. The Morgan fingerprint density at radius 3 is 2.41 bits per heavy atom. The second kappa shape index (κ2) is 8.50. The van der Waals surface area contributed by atoms with Crippen molar-refractivity contribution in [2.24, 2.45) is 0 Å². The molecule has 0 bridgehead atoms. The Balaban J connectivity index is 1.68. The number of benzene rings is 1. The van der Waals surface area contributed by atoms with Crippen LogP contribution in [0.3, 0.4) is 0 Å². The highest BCUT2D eigenvalue weighted by molar-refractivity contribution is 7.88. The van der Waals surface area contributed by atoms with Gasteiger partial charge in [-0.05, 0) is 25.0 Å². The summed E-state index contributed by atoms with van der Waals surface area (Å²) in [5.41, 5.74) is 0.936. The van der Waals surface area contributed by atoms with Crippen LogP contribution in [0.2, 0.25) is 0 Å². The van der Waals surface area contributed by atoms with Gasteiger partial charge < -0.3 is 4.42 Å². The predicted molar refractivity (Wildman–Crippen MR) is 100.0 cm³/mol. The average Bonchev–Trinajstić information content (AvgIpc) is 3.09. The molecule has 1 fully saturated rings. The van der Waals surface area contributed by atoms with E-state index in [9.17, 15) is 17.2 Å². The van der Waals surface area contributed by atoms with Crippen LogP contribution in [0.25, 0.3) is 11.3 Å². The lowest BCUT2D eigenvalue weighted by atomic mass is 10.0. The molecule has 1 saturated heterocycles. The van der Waals surface area contributed by atoms with E-state index in [1.807, 2.05) is 42.5 Å². The maximum absolute atomic E-state index is 13.1. The van der Waals surface area contributed by atoms with Crippen molar-refractivity contribution in [2.45, 2.75) is 31.9 Å². The van der Waals surface area contributed by atoms with Crippen molar-refractivity contribution in [3.05, 3.63) is 48.2 Å². The van der Waals surface area contributed by atoms with E-state index in [-0.39, 0.29) is 19.1 Å². The molecule has 1 aromatic heterocycles. The van der Waals surface area contributed by atoms with Crippen LogP contribution < -0.4 is 0 Å². The molecular formula is C19H24F2N2O3S. The summed E-state index contributed by atoms with van der Waals surface area (Å²) in [6.07, 6.45) is -0.211. The third-order valence-corrected chi connectivity index (χ3v) is 6.16. The number of furan rings is 1. The Bertz CT molecular complexity index is 832. The van der Waals surface area contributed by atoms with Gasteiger partial charge in [-0.2, -0.15) is 0 Å². The molecule has 0 saturated carbocycles. The van der Waals surface area contributed by atoms with Gasteiger partial charge in [0.2, 0.25) is 10.0 Å². The molecule has 1 aliphatic heterocycles. The molecule has 27 heavy (non-hydrogen) atoms. The first-order valence-corrected chi connectivity index (χ1v) is 10.8. The first kappa shape index (κ1) is 20.0. The van der Waals surface area contributed by atoms with E-state index in [4.69, 9.17) is 4.42 Å². The molecule has 0 radical (unpaired) electrons. The lowest BCUT2D eigenvalue weighted by Crippen LogP contribution is -2.47. The third-order valence-electron chi connectivity index (χ3n) is 4.86. The van der Waals surface area contributed by atoms with E-state index in [0.29, 0.717) is 37.5 Å². The van der Waals surface area contributed by atoms with Crippen LogP contribution in [0.5, 0.6) is 0 Å². The quantitative estimate of drug-likeness (QED) is 0.717. The van der Waals surface area contributed by atoms with Gasteiger partial charge in [-0.15, -0.1) is 0 Å². The van der Waals surface area contributed by atoms with Crippen LogP contribution in [0.4, 0.5) is 8.78 Å². The lowest BCUT2D eigenvalue weighted by Gasteiger charge is -2.37. The van der Waals surface area contributed by atoms with E-state index in [1.165, 1.54) is 10.6 Å². The highest BCUT2D eigenvalue weighted by Gasteiger charge is 2.30. The zero-order valence-corrected chi connectivity index (χ0v) is 16.0. The summed E-state index contributed by atoms with van der Waals surface area (Å²) in [4.78, 5) is 1.71. The van der Waals surface area contributed by atoms with Gasteiger partial charge in [-0.25, -0.2) is 21.5 Å². The number of hydrogen-bond donors (Lipinski definition) is 0. The summed E-state index contributed by atoms with van der Waals surface area (Å²) in [5.74, 6) is 1.33. The minimum Gasteiger partial charge on any atom is -0.460 e. The van der Waals surface area contributed by atoms with Crippen LogP contribution >= 0.6 is 0 Å². The normalized spacial score (nSPS) is 17.1. The fourth-order valence-corrected chi connectivity index (χ4v) is 4.35. The second-order valence-electron chi connectivity index (χ2n) is 6.85. The fraction of sp³-hybridized carbons (Fsp3) is 0.474. The highest BCUT2D eigenvalue weighted by Crippen LogP contribution is 2.25. The first-order valence-electron chi connectivity index (χ1n) is 8.94. The molecule has 2 aromatic rings. The summed E-state index contributed by atoms with van der Waals surface area (Å²) in [6, 6.07) is 13.2. The Kier molecular flexibility index (Phi) is 6.29. The van der Waals surface area contributed by atoms with Crippen molar-refractivity contribution in [3.8, 4) is 11.3 Å². The zero-order valence-electron chi connectivity index (χ0n) is 15.2. The number of nitrogens with zero attached hydrogens (tertiary/aromatic N) is 2. The minimum absolute atomic E-state index is 0.0951. The summed E-state index contributed by atoms with van der Waals surface area (Å²) in [6.45, 7) is 0.638. The number of rotatable bonds is 7. The molecule has 5 nitrogen and oxygen atoms in total. The van der Waals surface area contributed by atoms with Crippen molar-refractivity contribution in [3.63, 3.8) is 0 Å². The molecule has 8 heteroatoms. The molecule has 0 atom stereocenters. The molecule has 1 aliphatic rings. The third kappa shape index (κ3) is 5.37. The summed E-state index contributed by atoms with van der Waals surface area (Å²) < 4.78 is 56.8. The van der Waals surface area contributed by atoms with Gasteiger partial charge in [-0.1, -0.05) is 30.3 Å². The van der Waals surface area contributed by atoms with Gasteiger partial charge in [0.05, 0.1) is 19.3 Å². The Labute approximate surface area is 158 Å². The largest absolute Gasteiger partial charge is 0.460 e. The number of sulfonamides is 1. The highest BCUT2D eigenvalue weighted by atomic mass is 32.2. The van der Waals surface area contributed by atoms with Gasteiger partial charge in [0.1, 0.15) is 11.5 Å². The van der Waals surface area contributed by atoms with E-state index in [1.54, 1.807) is 4.90 Å². The molecular weight excluding hydrogens is 374 g/mol. The van der Waals surface area contributed by atoms with Crippen LogP contribution in [0.1, 0.15) is 18.6 Å². The summed E-state index contributed by atoms with van der Waals surface area (Å²) >= 11 is 0. The molecule has 3 rings (SSSR count). The topological polar surface area (TPSA) is 53.8 Å². The van der Waals surface area contributed by atoms with Crippen molar-refractivity contribution in [2.75, 3.05) is 25.9 Å². The molecule has 2 heterocycles. The lowest BCUT2D eigenvalue weighted by molar-refractivity contribution is 0.0419. The van der Waals surface area contributed by atoms with Gasteiger partial charge >= 0.3 is 0 Å². The van der Waals surface area contributed by atoms with Crippen molar-refractivity contribution in [1.82, 2.24) is 9.21 Å². The molecule has 0 spiro atoms. The van der Waals surface area contributed by atoms with Gasteiger partial charge in [-0.3, -0.25) is 4.90 Å².